The van der Waals surface area contributed by atoms with Crippen LogP contribution in [-0.4, -0.2) is 17.5 Å². The van der Waals surface area contributed by atoms with Gasteiger partial charge in [0.1, 0.15) is 0 Å². The van der Waals surface area contributed by atoms with Crippen LogP contribution in [0.1, 0.15) is 43.9 Å². The van der Waals surface area contributed by atoms with E-state index in [1.165, 1.54) is 30.8 Å². The molecule has 1 aliphatic heterocycles. The Bertz CT molecular complexity index is 421. The molecule has 2 heteroatoms. The third kappa shape index (κ3) is 2.33. The number of rotatable bonds is 2. The molecule has 1 aromatic carbocycles. The molecule has 1 N–H and O–H groups in total. The van der Waals surface area contributed by atoms with Gasteiger partial charge in [-0.15, -0.1) is 0 Å². The summed E-state index contributed by atoms with van der Waals surface area (Å²) >= 11 is 2.10. The predicted octanol–water partition coefficient (Wildman–Crippen LogP) is 3.80. The van der Waals surface area contributed by atoms with Crippen LogP contribution in [0.4, 0.5) is 0 Å². The molecule has 0 radical (unpaired) electrons. The molecule has 98 valence electrons. The summed E-state index contributed by atoms with van der Waals surface area (Å²) in [6, 6.07) is 10.2. The zero-order valence-corrected chi connectivity index (χ0v) is 12.2. The first kappa shape index (κ1) is 12.6. The molecule has 0 saturated carbocycles. The molecule has 1 atom stereocenters. The molecule has 0 aromatic heterocycles. The second-order valence-corrected chi connectivity index (χ2v) is 7.58. The number of fused-ring (bicyclic) bond motifs is 1. The molecular formula is C16H23NS. The van der Waals surface area contributed by atoms with E-state index < -0.39 is 0 Å². The molecular weight excluding hydrogens is 238 g/mol. The topological polar surface area (TPSA) is 12.0 Å². The molecule has 1 saturated heterocycles. The highest BCUT2D eigenvalue weighted by molar-refractivity contribution is 7.99. The van der Waals surface area contributed by atoms with E-state index in [9.17, 15) is 0 Å². The van der Waals surface area contributed by atoms with E-state index in [0.29, 0.717) is 11.5 Å². The highest BCUT2D eigenvalue weighted by Crippen LogP contribution is 2.45. The quantitative estimate of drug-likeness (QED) is 0.869. The van der Waals surface area contributed by atoms with Crippen LogP contribution >= 0.6 is 11.8 Å². The largest absolute Gasteiger partial charge is 0.307 e. The van der Waals surface area contributed by atoms with Gasteiger partial charge < -0.3 is 5.32 Å². The normalized spacial score (nSPS) is 27.1. The fourth-order valence-corrected chi connectivity index (χ4v) is 4.51. The van der Waals surface area contributed by atoms with Crippen LogP contribution in [0.3, 0.4) is 0 Å². The summed E-state index contributed by atoms with van der Waals surface area (Å²) < 4.78 is 0. The average Bonchev–Trinajstić information content (AvgIpc) is 2.62. The Morgan fingerprint density at radius 3 is 2.67 bits per heavy atom. The summed E-state index contributed by atoms with van der Waals surface area (Å²) in [6.07, 6.45) is 3.88. The second kappa shape index (κ2) is 4.90. The molecule has 1 aromatic rings. The molecule has 0 bridgehead atoms. The van der Waals surface area contributed by atoms with Gasteiger partial charge in [-0.2, -0.15) is 11.8 Å². The molecule has 18 heavy (non-hydrogen) atoms. The molecule has 1 fully saturated rings. The van der Waals surface area contributed by atoms with Gasteiger partial charge in [0, 0.05) is 12.1 Å². The number of hydrogen-bond acceptors (Lipinski definition) is 2. The first-order valence-electron chi connectivity index (χ1n) is 7.08. The monoisotopic (exact) mass is 261 g/mol. The Hall–Kier alpha value is -0.470. The van der Waals surface area contributed by atoms with Crippen LogP contribution in [0.15, 0.2) is 24.3 Å². The van der Waals surface area contributed by atoms with Crippen molar-refractivity contribution in [3.63, 3.8) is 0 Å². The lowest BCUT2D eigenvalue weighted by atomic mass is 9.84. The van der Waals surface area contributed by atoms with E-state index >= 15 is 0 Å². The van der Waals surface area contributed by atoms with Crippen LogP contribution < -0.4 is 5.32 Å². The lowest BCUT2D eigenvalue weighted by Crippen LogP contribution is -2.40. The number of benzene rings is 1. The van der Waals surface area contributed by atoms with Crippen molar-refractivity contribution in [2.45, 2.75) is 45.2 Å². The van der Waals surface area contributed by atoms with Crippen molar-refractivity contribution in [3.05, 3.63) is 35.4 Å². The predicted molar refractivity (Wildman–Crippen MR) is 80.2 cm³/mol. The van der Waals surface area contributed by atoms with E-state index in [4.69, 9.17) is 0 Å². The van der Waals surface area contributed by atoms with Gasteiger partial charge in [-0.1, -0.05) is 38.1 Å². The smallest absolute Gasteiger partial charge is 0.0380 e. The van der Waals surface area contributed by atoms with Crippen molar-refractivity contribution >= 4 is 11.8 Å². The Labute approximate surface area is 115 Å². The molecule has 1 aliphatic carbocycles. The Morgan fingerprint density at radius 2 is 1.89 bits per heavy atom. The maximum absolute atomic E-state index is 3.95. The van der Waals surface area contributed by atoms with Crippen LogP contribution in [0.5, 0.6) is 0 Å². The van der Waals surface area contributed by atoms with Crippen LogP contribution in [0, 0.1) is 5.41 Å². The zero-order chi connectivity index (χ0) is 12.6. The van der Waals surface area contributed by atoms with Crippen molar-refractivity contribution in [1.29, 1.82) is 0 Å². The third-order valence-electron chi connectivity index (χ3n) is 4.42. The lowest BCUT2D eigenvalue weighted by molar-refractivity contribution is 0.242. The molecule has 1 unspecified atom stereocenters. The summed E-state index contributed by atoms with van der Waals surface area (Å²) in [6.45, 7) is 4.81. The maximum Gasteiger partial charge on any atom is 0.0380 e. The van der Waals surface area contributed by atoms with Crippen molar-refractivity contribution in [2.24, 2.45) is 5.41 Å². The van der Waals surface area contributed by atoms with Gasteiger partial charge in [0.25, 0.3) is 0 Å². The van der Waals surface area contributed by atoms with Crippen molar-refractivity contribution in [3.8, 4) is 0 Å². The molecule has 0 spiro atoms. The number of nitrogens with one attached hydrogen (secondary N) is 1. The number of thioether (sulfide) groups is 1. The van der Waals surface area contributed by atoms with Gasteiger partial charge in [-0.05, 0) is 47.3 Å². The summed E-state index contributed by atoms with van der Waals surface area (Å²) in [5.74, 6) is 2.65. The van der Waals surface area contributed by atoms with Crippen molar-refractivity contribution in [1.82, 2.24) is 5.32 Å². The van der Waals surface area contributed by atoms with E-state index in [-0.39, 0.29) is 0 Å². The van der Waals surface area contributed by atoms with Crippen LogP contribution in [0.25, 0.3) is 0 Å². The summed E-state index contributed by atoms with van der Waals surface area (Å²) in [7, 11) is 0. The number of hydrogen-bond donors (Lipinski definition) is 1. The van der Waals surface area contributed by atoms with Gasteiger partial charge in [0.2, 0.25) is 0 Å². The second-order valence-electron chi connectivity index (χ2n) is 6.35. The maximum atomic E-state index is 3.95. The highest BCUT2D eigenvalue weighted by Gasteiger charge is 2.39. The minimum atomic E-state index is 0.355. The molecule has 2 aliphatic rings. The first-order chi connectivity index (χ1) is 8.67. The standard InChI is InChI=1S/C16H23NS/c1-16(2)11-12-5-3-4-6-14(12)15(16)17-13-7-9-18-10-8-13/h3-6,13,15,17H,7-11H2,1-2H3. The van der Waals surface area contributed by atoms with E-state index in [0.717, 1.165) is 6.04 Å². The lowest BCUT2D eigenvalue weighted by Gasteiger charge is -2.34. The molecule has 0 amide bonds. The first-order valence-corrected chi connectivity index (χ1v) is 8.24. The van der Waals surface area contributed by atoms with Gasteiger partial charge in [-0.3, -0.25) is 0 Å². The van der Waals surface area contributed by atoms with Gasteiger partial charge >= 0.3 is 0 Å². The molecule has 3 rings (SSSR count). The minimum absolute atomic E-state index is 0.355. The fourth-order valence-electron chi connectivity index (χ4n) is 3.41. The Morgan fingerprint density at radius 1 is 1.17 bits per heavy atom. The SMILES string of the molecule is CC1(C)Cc2ccccc2C1NC1CCSCC1. The molecule has 1 heterocycles. The van der Waals surface area contributed by atoms with E-state index in [2.05, 4.69) is 55.2 Å². The van der Waals surface area contributed by atoms with Gasteiger partial charge in [0.05, 0.1) is 0 Å². The third-order valence-corrected chi connectivity index (χ3v) is 5.47. The van der Waals surface area contributed by atoms with Gasteiger partial charge in [0.15, 0.2) is 0 Å². The minimum Gasteiger partial charge on any atom is -0.307 e. The summed E-state index contributed by atoms with van der Waals surface area (Å²) in [5, 5.41) is 3.95. The average molecular weight is 261 g/mol. The zero-order valence-electron chi connectivity index (χ0n) is 11.4. The Kier molecular flexibility index (Phi) is 3.42. The van der Waals surface area contributed by atoms with Crippen molar-refractivity contribution < 1.29 is 0 Å². The summed E-state index contributed by atoms with van der Waals surface area (Å²) in [5.41, 5.74) is 3.44. The Balaban J connectivity index is 1.81. The van der Waals surface area contributed by atoms with Gasteiger partial charge in [-0.25, -0.2) is 0 Å². The highest BCUT2D eigenvalue weighted by atomic mass is 32.2. The van der Waals surface area contributed by atoms with E-state index in [1.807, 2.05) is 0 Å². The van der Waals surface area contributed by atoms with Crippen molar-refractivity contribution in [2.75, 3.05) is 11.5 Å². The summed E-state index contributed by atoms with van der Waals surface area (Å²) in [4.78, 5) is 0. The van der Waals surface area contributed by atoms with Crippen LogP contribution in [0.2, 0.25) is 0 Å². The van der Waals surface area contributed by atoms with Crippen LogP contribution in [-0.2, 0) is 6.42 Å². The fraction of sp³-hybridized carbons (Fsp3) is 0.625. The van der Waals surface area contributed by atoms with E-state index in [1.54, 1.807) is 11.1 Å². The molecule has 1 nitrogen and oxygen atoms in total.